The van der Waals surface area contributed by atoms with Crippen LogP contribution in [0.25, 0.3) is 0 Å². The third kappa shape index (κ3) is 10.0. The van der Waals surface area contributed by atoms with Crippen molar-refractivity contribution in [1.29, 1.82) is 0 Å². The SMILES string of the molecule is [2H]C[C@H]1O[C@@H](n2cc(C)c(=O)[nH]c2=O)CC1OP(=O)(OC[C@H]1O[C@@H](n2cc(C)c(=O)[nH]c2=O)CC1OC(=O)CCC(C)=O)SCOC(=O)C(C)C. The van der Waals surface area contributed by atoms with Gasteiger partial charge in [0.05, 0.1) is 31.2 Å². The number of nitrogens with one attached hydrogen (secondary N) is 2. The summed E-state index contributed by atoms with van der Waals surface area (Å²) in [7, 11) is 0. The molecule has 0 bridgehead atoms. The van der Waals surface area contributed by atoms with Gasteiger partial charge in [0, 0.05) is 55.5 Å². The highest BCUT2D eigenvalue weighted by Crippen LogP contribution is 2.63. The first-order valence-corrected chi connectivity index (χ1v) is 18.8. The molecule has 0 radical (unpaired) electrons. The lowest BCUT2D eigenvalue weighted by atomic mass is 10.1. The maximum absolute atomic E-state index is 14.3. The number of aryl methyl sites for hydroxylation is 2. The monoisotopic (exact) mass is 745 g/mol. The highest BCUT2D eigenvalue weighted by molar-refractivity contribution is 8.55. The smallest absolute Gasteiger partial charge is 0.392 e. The zero-order valence-corrected chi connectivity index (χ0v) is 29.8. The minimum Gasteiger partial charge on any atom is -0.459 e. The Morgan fingerprint density at radius 2 is 1.56 bits per heavy atom. The summed E-state index contributed by atoms with van der Waals surface area (Å²) in [5.41, 5.74) is -2.29. The molecule has 276 valence electrons. The van der Waals surface area contributed by atoms with Crippen LogP contribution in [0.4, 0.5) is 0 Å². The van der Waals surface area contributed by atoms with Gasteiger partial charge >= 0.3 is 30.1 Å². The molecule has 0 spiro atoms. The Balaban J connectivity index is 1.58. The van der Waals surface area contributed by atoms with Crippen LogP contribution >= 0.6 is 18.2 Å². The van der Waals surface area contributed by atoms with E-state index < -0.39 is 96.6 Å². The summed E-state index contributed by atoms with van der Waals surface area (Å²) in [5, 5.41) is 0. The number of hydrogen-bond acceptors (Lipinski definition) is 15. The zero-order chi connectivity index (χ0) is 37.6. The van der Waals surface area contributed by atoms with Gasteiger partial charge in [-0.3, -0.25) is 47.3 Å². The number of carbonyl (C=O) groups excluding carboxylic acids is 3. The van der Waals surface area contributed by atoms with Crippen molar-refractivity contribution in [3.8, 4) is 0 Å². The number of esters is 2. The largest absolute Gasteiger partial charge is 0.459 e. The standard InChI is InChI=1S/C30H41N4O14PS/c1-15(2)28(39)43-14-50-49(42,48-20-9-23(45-19(20)6)33-11-16(3)26(37)31-29(33)40)44-13-22-21(47-25(36)8-7-18(5)35)10-24(46-22)34-12-17(4)27(38)32-30(34)41/h11-12,15,19-24H,7-10,13-14H2,1-6H3,(H,31,37,40)(H,32,38,41)/t19-,20?,21?,22-,23-,24-,49?/m1/s1/i6D. The number of rotatable bonds is 15. The minimum atomic E-state index is -4.36. The molecule has 20 heteroatoms. The van der Waals surface area contributed by atoms with Crippen molar-refractivity contribution in [2.45, 2.75) is 104 Å². The van der Waals surface area contributed by atoms with E-state index >= 15 is 0 Å². The number of aromatic nitrogens is 4. The van der Waals surface area contributed by atoms with Crippen LogP contribution in [0.15, 0.2) is 31.6 Å². The summed E-state index contributed by atoms with van der Waals surface area (Å²) in [6.07, 6.45) is -4.22. The molecule has 4 heterocycles. The van der Waals surface area contributed by atoms with Gasteiger partial charge in [-0.05, 0) is 27.7 Å². The van der Waals surface area contributed by atoms with Crippen molar-refractivity contribution >= 4 is 35.9 Å². The molecule has 18 nitrogen and oxygen atoms in total. The Morgan fingerprint density at radius 1 is 0.980 bits per heavy atom. The lowest BCUT2D eigenvalue weighted by Gasteiger charge is -2.25. The molecule has 2 saturated heterocycles. The van der Waals surface area contributed by atoms with Gasteiger partial charge in [0.25, 0.3) is 11.1 Å². The molecule has 2 aromatic heterocycles. The maximum Gasteiger partial charge on any atom is 0.392 e. The van der Waals surface area contributed by atoms with Gasteiger partial charge in [-0.1, -0.05) is 13.8 Å². The highest BCUT2D eigenvalue weighted by Gasteiger charge is 2.44. The molecule has 2 aromatic rings. The Hall–Kier alpha value is -3.61. The van der Waals surface area contributed by atoms with Crippen molar-refractivity contribution in [3.05, 3.63) is 65.2 Å². The second-order valence-electron chi connectivity index (χ2n) is 12.2. The van der Waals surface area contributed by atoms with Crippen molar-refractivity contribution in [1.82, 2.24) is 19.1 Å². The van der Waals surface area contributed by atoms with E-state index in [2.05, 4.69) is 9.97 Å². The van der Waals surface area contributed by atoms with Crippen LogP contribution in [0.5, 0.6) is 0 Å². The first kappa shape index (κ1) is 37.6. The molecular formula is C30H41N4O14PS. The van der Waals surface area contributed by atoms with Crippen LogP contribution in [0.3, 0.4) is 0 Å². The Labute approximate surface area is 290 Å². The Kier molecular flexibility index (Phi) is 12.5. The van der Waals surface area contributed by atoms with Crippen LogP contribution in [-0.4, -0.2) is 73.8 Å². The fourth-order valence-electron chi connectivity index (χ4n) is 4.98. The van der Waals surface area contributed by atoms with E-state index in [1.54, 1.807) is 13.8 Å². The Morgan fingerprint density at radius 3 is 2.12 bits per heavy atom. The summed E-state index contributed by atoms with van der Waals surface area (Å²) in [5.74, 6) is -2.51. The molecule has 0 saturated carbocycles. The number of Topliss-reactive ketones (excluding diaryl/α,β-unsaturated/α-hetero) is 1. The van der Waals surface area contributed by atoms with Crippen LogP contribution in [0.2, 0.25) is 0 Å². The molecule has 4 rings (SSSR count). The molecule has 50 heavy (non-hydrogen) atoms. The summed E-state index contributed by atoms with van der Waals surface area (Å²) in [6, 6.07) is 0. The third-order valence-electron chi connectivity index (χ3n) is 7.78. The van der Waals surface area contributed by atoms with Crippen molar-refractivity contribution < 1.29 is 48.3 Å². The number of aromatic amines is 2. The molecule has 3 unspecified atom stereocenters. The second kappa shape index (κ2) is 16.6. The van der Waals surface area contributed by atoms with Crippen molar-refractivity contribution in [2.24, 2.45) is 5.92 Å². The number of ketones is 1. The topological polar surface area (TPSA) is 233 Å². The maximum atomic E-state index is 14.3. The van der Waals surface area contributed by atoms with Gasteiger partial charge in [0.1, 0.15) is 36.4 Å². The van der Waals surface area contributed by atoms with E-state index in [1.807, 2.05) is 0 Å². The summed E-state index contributed by atoms with van der Waals surface area (Å²) < 4.78 is 59.1. The van der Waals surface area contributed by atoms with Gasteiger partial charge < -0.3 is 23.7 Å². The molecular weight excluding hydrogens is 703 g/mol. The fraction of sp³-hybridized carbons (Fsp3) is 0.633. The van der Waals surface area contributed by atoms with Gasteiger partial charge in [-0.15, -0.1) is 0 Å². The van der Waals surface area contributed by atoms with E-state index in [4.69, 9.17) is 29.4 Å². The van der Waals surface area contributed by atoms with E-state index in [9.17, 15) is 38.1 Å². The number of H-pyrrole nitrogens is 2. The normalized spacial score (nSPS) is 24.9. The second-order valence-corrected chi connectivity index (χ2v) is 16.1. The van der Waals surface area contributed by atoms with Crippen molar-refractivity contribution in [3.63, 3.8) is 0 Å². The van der Waals surface area contributed by atoms with Crippen LogP contribution in [-0.2, 0) is 46.9 Å². The summed E-state index contributed by atoms with van der Waals surface area (Å²) in [6.45, 7) is 2.24. The number of ether oxygens (including phenoxy) is 4. The molecule has 2 N–H and O–H groups in total. The van der Waals surface area contributed by atoms with Gasteiger partial charge in [0.15, 0.2) is 0 Å². The lowest BCUT2D eigenvalue weighted by Crippen LogP contribution is -2.33. The number of hydrogen-bond donors (Lipinski definition) is 2. The van der Waals surface area contributed by atoms with E-state index in [0.29, 0.717) is 11.4 Å². The molecule has 0 aliphatic carbocycles. The van der Waals surface area contributed by atoms with E-state index in [1.165, 1.54) is 33.2 Å². The lowest BCUT2D eigenvalue weighted by molar-refractivity contribution is -0.153. The van der Waals surface area contributed by atoms with E-state index in [-0.39, 0.29) is 49.5 Å². The molecule has 2 aliphatic heterocycles. The summed E-state index contributed by atoms with van der Waals surface area (Å²) in [4.78, 5) is 89.6. The number of nitrogens with zero attached hydrogens (tertiary/aromatic N) is 2. The zero-order valence-electron chi connectivity index (χ0n) is 29.1. The van der Waals surface area contributed by atoms with Crippen LogP contribution < -0.4 is 22.5 Å². The molecule has 0 amide bonds. The van der Waals surface area contributed by atoms with Gasteiger partial charge in [0.2, 0.25) is 0 Å². The predicted molar refractivity (Wildman–Crippen MR) is 176 cm³/mol. The minimum absolute atomic E-state index is 0.0727. The van der Waals surface area contributed by atoms with Gasteiger partial charge in [-0.25, -0.2) is 14.2 Å². The van der Waals surface area contributed by atoms with Gasteiger partial charge in [-0.2, -0.15) is 0 Å². The predicted octanol–water partition coefficient (Wildman–Crippen LogP) is 1.98. The summed E-state index contributed by atoms with van der Waals surface area (Å²) >= 11 is 0.526. The third-order valence-corrected chi connectivity index (χ3v) is 11.2. The molecule has 2 aliphatic rings. The molecule has 7 atom stereocenters. The number of carbonyl (C=O) groups is 3. The highest BCUT2D eigenvalue weighted by atomic mass is 32.7. The quantitative estimate of drug-likeness (QED) is 0.151. The van der Waals surface area contributed by atoms with E-state index in [0.717, 1.165) is 9.13 Å². The molecule has 2 fully saturated rings. The van der Waals surface area contributed by atoms with Crippen LogP contribution in [0, 0.1) is 19.8 Å². The average molecular weight is 746 g/mol. The van der Waals surface area contributed by atoms with Crippen LogP contribution in [0.1, 0.15) is 78.3 Å². The van der Waals surface area contributed by atoms with Crippen molar-refractivity contribution in [2.75, 3.05) is 12.5 Å². The average Bonchev–Trinajstić information content (AvgIpc) is 3.65. The first-order chi connectivity index (χ1) is 24.0. The molecule has 0 aromatic carbocycles. The first-order valence-electron chi connectivity index (χ1n) is 16.4. The Bertz CT molecular complexity index is 1890. The fourth-order valence-corrected chi connectivity index (χ4v) is 7.82.